The average molecular weight is 665 g/mol. The molecule has 4 aromatic rings. The second-order valence-electron chi connectivity index (χ2n) is 13.2. The fourth-order valence-corrected chi connectivity index (χ4v) is 7.81. The highest BCUT2D eigenvalue weighted by Crippen LogP contribution is 2.46. The van der Waals surface area contributed by atoms with Crippen LogP contribution in [0.2, 0.25) is 5.02 Å². The lowest BCUT2D eigenvalue weighted by Crippen LogP contribution is -2.40. The molecule has 1 aliphatic heterocycles. The molecule has 9 heteroatoms. The lowest BCUT2D eigenvalue weighted by molar-refractivity contribution is -0.274. The fourth-order valence-electron chi connectivity index (χ4n) is 7.58. The summed E-state index contributed by atoms with van der Waals surface area (Å²) in [6.07, 6.45) is 8.68. The number of hydrogen-bond acceptors (Lipinski definition) is 4. The first-order valence-corrected chi connectivity index (χ1v) is 17.1. The van der Waals surface area contributed by atoms with E-state index in [0.717, 1.165) is 78.9 Å². The van der Waals surface area contributed by atoms with Gasteiger partial charge in [-0.1, -0.05) is 53.6 Å². The molecule has 6 rings (SSSR count). The number of hydrogen-bond donors (Lipinski definition) is 2. The van der Waals surface area contributed by atoms with Gasteiger partial charge in [-0.3, -0.25) is 4.90 Å². The smallest absolute Gasteiger partial charge is 0.406 e. The molecule has 0 amide bonds. The summed E-state index contributed by atoms with van der Waals surface area (Å²) in [5.41, 5.74) is 19.7. The van der Waals surface area contributed by atoms with Gasteiger partial charge in [0.1, 0.15) is 5.75 Å². The van der Waals surface area contributed by atoms with Crippen LogP contribution in [0, 0.1) is 5.41 Å². The van der Waals surface area contributed by atoms with Crippen molar-refractivity contribution in [1.29, 1.82) is 0 Å². The number of halogens is 4. The molecule has 0 bridgehead atoms. The quantitative estimate of drug-likeness (QED) is 0.157. The molecule has 0 saturated carbocycles. The third-order valence-electron chi connectivity index (χ3n) is 10.1. The Morgan fingerprint density at radius 2 is 1.70 bits per heavy atom. The maximum absolute atomic E-state index is 12.9. The number of alkyl halides is 3. The van der Waals surface area contributed by atoms with Crippen molar-refractivity contribution >= 4 is 22.5 Å². The lowest BCUT2D eigenvalue weighted by atomic mass is 9.67. The SMILES string of the molecule is NCCCn1cc(-c2ccc(OC(F)(F)F)cc2CN)c2cc(CN3CCC4(CCC=C(CCc5ccccc5Cl)C4)CC3)ccc21. The number of fused-ring (bicyclic) bond motifs is 1. The van der Waals surface area contributed by atoms with Crippen molar-refractivity contribution in [1.82, 2.24) is 9.47 Å². The number of likely N-dealkylation sites (tertiary alicyclic amines) is 1. The van der Waals surface area contributed by atoms with Gasteiger partial charge >= 0.3 is 6.36 Å². The third kappa shape index (κ3) is 8.06. The summed E-state index contributed by atoms with van der Waals surface area (Å²) < 4.78 is 45.1. The van der Waals surface area contributed by atoms with Crippen molar-refractivity contribution < 1.29 is 17.9 Å². The maximum atomic E-state index is 12.9. The highest BCUT2D eigenvalue weighted by Gasteiger charge is 2.36. The summed E-state index contributed by atoms with van der Waals surface area (Å²) in [7, 11) is 0. The molecule has 3 aromatic carbocycles. The topological polar surface area (TPSA) is 69.4 Å². The van der Waals surface area contributed by atoms with Gasteiger partial charge in [0.2, 0.25) is 0 Å². The molecule has 1 aliphatic carbocycles. The highest BCUT2D eigenvalue weighted by atomic mass is 35.5. The van der Waals surface area contributed by atoms with Crippen molar-refractivity contribution in [3.05, 3.63) is 100 Å². The summed E-state index contributed by atoms with van der Waals surface area (Å²) in [6.45, 7) is 4.40. The van der Waals surface area contributed by atoms with Gasteiger partial charge in [0, 0.05) is 47.3 Å². The van der Waals surface area contributed by atoms with Crippen LogP contribution in [0.1, 0.15) is 61.6 Å². The van der Waals surface area contributed by atoms with E-state index in [9.17, 15) is 13.2 Å². The number of rotatable bonds is 11. The number of nitrogens with zero attached hydrogens (tertiary/aromatic N) is 2. The summed E-state index contributed by atoms with van der Waals surface area (Å²) in [5, 5.41) is 1.92. The van der Waals surface area contributed by atoms with Gasteiger partial charge in [-0.25, -0.2) is 0 Å². The molecule has 5 nitrogen and oxygen atoms in total. The summed E-state index contributed by atoms with van der Waals surface area (Å²) >= 11 is 6.42. The van der Waals surface area contributed by atoms with Crippen molar-refractivity contribution in [3.8, 4) is 16.9 Å². The van der Waals surface area contributed by atoms with E-state index >= 15 is 0 Å². The Morgan fingerprint density at radius 3 is 2.45 bits per heavy atom. The molecule has 2 heterocycles. The van der Waals surface area contributed by atoms with Crippen LogP contribution in [-0.4, -0.2) is 35.5 Å². The van der Waals surface area contributed by atoms with Crippen LogP contribution in [0.4, 0.5) is 13.2 Å². The molecule has 1 fully saturated rings. The van der Waals surface area contributed by atoms with Crippen LogP contribution < -0.4 is 16.2 Å². The highest BCUT2D eigenvalue weighted by molar-refractivity contribution is 6.31. The van der Waals surface area contributed by atoms with Gasteiger partial charge in [0.25, 0.3) is 0 Å². The van der Waals surface area contributed by atoms with Crippen LogP contribution in [0.5, 0.6) is 5.75 Å². The minimum atomic E-state index is -4.76. The zero-order chi connectivity index (χ0) is 33.0. The molecule has 0 atom stereocenters. The van der Waals surface area contributed by atoms with Crippen LogP contribution in [0.25, 0.3) is 22.0 Å². The van der Waals surface area contributed by atoms with Gasteiger partial charge in [0.15, 0.2) is 0 Å². The van der Waals surface area contributed by atoms with Crippen molar-refractivity contribution in [2.45, 2.75) is 77.4 Å². The van der Waals surface area contributed by atoms with E-state index in [0.29, 0.717) is 17.5 Å². The molecule has 1 spiro atoms. The molecule has 1 saturated heterocycles. The number of aryl methyl sites for hydroxylation is 2. The molecule has 2 aliphatic rings. The number of ether oxygens (including phenoxy) is 1. The summed E-state index contributed by atoms with van der Waals surface area (Å²) in [4.78, 5) is 2.56. The molecule has 0 radical (unpaired) electrons. The summed E-state index contributed by atoms with van der Waals surface area (Å²) in [5.74, 6) is -0.265. The van der Waals surface area contributed by atoms with Gasteiger partial charge < -0.3 is 20.8 Å². The van der Waals surface area contributed by atoms with Crippen molar-refractivity contribution in [2.24, 2.45) is 16.9 Å². The van der Waals surface area contributed by atoms with E-state index in [4.69, 9.17) is 23.1 Å². The van der Waals surface area contributed by atoms with E-state index < -0.39 is 6.36 Å². The normalized spacial score (nSPS) is 16.9. The Kier molecular flexibility index (Phi) is 10.3. The predicted molar refractivity (Wildman–Crippen MR) is 184 cm³/mol. The molecule has 4 N–H and O–H groups in total. The first-order chi connectivity index (χ1) is 22.6. The van der Waals surface area contributed by atoms with Gasteiger partial charge in [-0.2, -0.15) is 0 Å². The number of aromatic nitrogens is 1. The molecule has 0 unspecified atom stereocenters. The standard InChI is InChI=1S/C38H44ClF3N4O/c39-35-7-2-1-6-29(35)10-8-27-5-3-14-37(23-27)15-19-45(20-16-37)25-28-9-13-36-33(21-28)34(26-46(36)18-4-17-43)32-12-11-31(22-30(32)24-44)47-38(40,41)42/h1-2,5-7,9,11-13,21-22,26H,3-4,8,10,14-20,23-25,43-44H2. The average Bonchev–Trinajstić information content (AvgIpc) is 3.41. The van der Waals surface area contributed by atoms with E-state index in [1.54, 1.807) is 11.6 Å². The van der Waals surface area contributed by atoms with Crippen LogP contribution in [0.15, 0.2) is 78.5 Å². The third-order valence-corrected chi connectivity index (χ3v) is 10.4. The number of benzene rings is 3. The van der Waals surface area contributed by atoms with Crippen LogP contribution >= 0.6 is 11.6 Å². The van der Waals surface area contributed by atoms with Crippen LogP contribution in [-0.2, 0) is 26.1 Å². The first-order valence-electron chi connectivity index (χ1n) is 16.7. The zero-order valence-electron chi connectivity index (χ0n) is 26.8. The Balaban J connectivity index is 1.16. The Hall–Kier alpha value is -3.30. The minimum absolute atomic E-state index is 0.0893. The number of allylic oxidation sites excluding steroid dienone is 2. The Labute approximate surface area is 280 Å². The minimum Gasteiger partial charge on any atom is -0.406 e. The molecule has 47 heavy (non-hydrogen) atoms. The molecular formula is C38H44ClF3N4O. The molecule has 250 valence electrons. The van der Waals surface area contributed by atoms with Crippen LogP contribution in [0.3, 0.4) is 0 Å². The van der Waals surface area contributed by atoms with Gasteiger partial charge in [-0.05, 0) is 129 Å². The van der Waals surface area contributed by atoms with Gasteiger partial charge in [-0.15, -0.1) is 13.2 Å². The Morgan fingerprint density at radius 1 is 0.894 bits per heavy atom. The van der Waals surface area contributed by atoms with E-state index in [2.05, 4.69) is 56.8 Å². The molecular weight excluding hydrogens is 621 g/mol. The second-order valence-corrected chi connectivity index (χ2v) is 13.7. The fraction of sp³-hybridized carbons (Fsp3) is 0.421. The first kappa shape index (κ1) is 33.6. The van der Waals surface area contributed by atoms with E-state index in [-0.39, 0.29) is 12.3 Å². The van der Waals surface area contributed by atoms with Gasteiger partial charge in [0.05, 0.1) is 0 Å². The van der Waals surface area contributed by atoms with Crippen molar-refractivity contribution in [2.75, 3.05) is 19.6 Å². The van der Waals surface area contributed by atoms with E-state index in [1.165, 1.54) is 48.9 Å². The Bertz CT molecular complexity index is 1720. The maximum Gasteiger partial charge on any atom is 0.573 e. The van der Waals surface area contributed by atoms with Crippen molar-refractivity contribution in [3.63, 3.8) is 0 Å². The largest absolute Gasteiger partial charge is 0.573 e. The number of nitrogens with two attached hydrogens (primary N) is 2. The zero-order valence-corrected chi connectivity index (χ0v) is 27.6. The second kappa shape index (κ2) is 14.4. The molecule has 1 aromatic heterocycles. The number of piperidine rings is 1. The van der Waals surface area contributed by atoms with E-state index in [1.807, 2.05) is 12.1 Å². The predicted octanol–water partition coefficient (Wildman–Crippen LogP) is 8.99. The monoisotopic (exact) mass is 664 g/mol. The summed E-state index contributed by atoms with van der Waals surface area (Å²) in [6, 6.07) is 19.2. The lowest BCUT2D eigenvalue weighted by Gasteiger charge is -2.44.